The molecule has 1 unspecified atom stereocenters. The molecule has 0 aromatic heterocycles. The predicted octanol–water partition coefficient (Wildman–Crippen LogP) is 2.25. The molecule has 0 bridgehead atoms. The second kappa shape index (κ2) is 8.69. The molecule has 31 heavy (non-hydrogen) atoms. The minimum Gasteiger partial charge on any atom is -0.452 e. The predicted molar refractivity (Wildman–Crippen MR) is 111 cm³/mol. The molecule has 2 aromatic carbocycles. The van der Waals surface area contributed by atoms with Crippen LogP contribution in [0.4, 0.5) is 5.69 Å². The summed E-state index contributed by atoms with van der Waals surface area (Å²) in [4.78, 5) is 51.0. The Hall–Kier alpha value is -3.52. The van der Waals surface area contributed by atoms with E-state index in [0.717, 1.165) is 23.3 Å². The van der Waals surface area contributed by atoms with E-state index in [1.807, 2.05) is 19.1 Å². The Kier molecular flexibility index (Phi) is 5.81. The van der Waals surface area contributed by atoms with E-state index in [1.165, 1.54) is 18.2 Å². The summed E-state index contributed by atoms with van der Waals surface area (Å²) in [6.07, 6.45) is 1.86. The van der Waals surface area contributed by atoms with E-state index in [1.54, 1.807) is 12.1 Å². The number of para-hydroxylation sites is 1. The van der Waals surface area contributed by atoms with Crippen molar-refractivity contribution in [2.45, 2.75) is 25.9 Å². The first-order valence-electron chi connectivity index (χ1n) is 10.1. The van der Waals surface area contributed by atoms with Gasteiger partial charge in [-0.3, -0.25) is 14.4 Å². The van der Waals surface area contributed by atoms with Crippen LogP contribution in [-0.2, 0) is 14.3 Å². The highest BCUT2D eigenvalue weighted by Crippen LogP contribution is 2.31. The highest BCUT2D eigenvalue weighted by Gasteiger charge is 2.37. The van der Waals surface area contributed by atoms with E-state index in [4.69, 9.17) is 9.47 Å². The van der Waals surface area contributed by atoms with Gasteiger partial charge in [-0.25, -0.2) is 9.69 Å². The molecule has 0 saturated carbocycles. The van der Waals surface area contributed by atoms with Gasteiger partial charge in [-0.05, 0) is 49.6 Å². The SMILES string of the molecule is Cc1ccccc1N1C(=O)c2ccc(C(=O)OCC(=O)NCC3CCCO3)cc2C1=O. The maximum Gasteiger partial charge on any atom is 0.338 e. The van der Waals surface area contributed by atoms with Crippen molar-refractivity contribution in [2.75, 3.05) is 24.7 Å². The summed E-state index contributed by atoms with van der Waals surface area (Å²) < 4.78 is 10.5. The zero-order valence-corrected chi connectivity index (χ0v) is 17.1. The fourth-order valence-corrected chi connectivity index (χ4v) is 3.70. The van der Waals surface area contributed by atoms with Gasteiger partial charge in [0.15, 0.2) is 6.61 Å². The molecular formula is C23H22N2O6. The molecule has 2 heterocycles. The smallest absolute Gasteiger partial charge is 0.338 e. The number of anilines is 1. The Morgan fingerprint density at radius 2 is 1.90 bits per heavy atom. The second-order valence-corrected chi connectivity index (χ2v) is 7.51. The molecule has 1 N–H and O–H groups in total. The summed E-state index contributed by atoms with van der Waals surface area (Å²) in [5.74, 6) is -2.12. The Labute approximate surface area is 179 Å². The van der Waals surface area contributed by atoms with Gasteiger partial charge < -0.3 is 14.8 Å². The van der Waals surface area contributed by atoms with Crippen molar-refractivity contribution in [1.29, 1.82) is 0 Å². The van der Waals surface area contributed by atoms with Crippen LogP contribution in [0.25, 0.3) is 0 Å². The average Bonchev–Trinajstić information content (AvgIpc) is 3.38. The van der Waals surface area contributed by atoms with Crippen LogP contribution in [0.15, 0.2) is 42.5 Å². The Morgan fingerprint density at radius 3 is 2.65 bits per heavy atom. The summed E-state index contributed by atoms with van der Waals surface area (Å²) in [6, 6.07) is 11.3. The van der Waals surface area contributed by atoms with E-state index in [0.29, 0.717) is 18.8 Å². The number of hydrogen-bond acceptors (Lipinski definition) is 6. The van der Waals surface area contributed by atoms with Gasteiger partial charge in [0.25, 0.3) is 17.7 Å². The van der Waals surface area contributed by atoms with Gasteiger partial charge in [0.05, 0.1) is 28.5 Å². The number of carbonyl (C=O) groups is 4. The van der Waals surface area contributed by atoms with E-state index >= 15 is 0 Å². The zero-order valence-electron chi connectivity index (χ0n) is 17.1. The number of amides is 3. The van der Waals surface area contributed by atoms with Gasteiger partial charge in [-0.1, -0.05) is 18.2 Å². The number of hydrogen-bond donors (Lipinski definition) is 1. The normalized spacial score (nSPS) is 17.6. The highest BCUT2D eigenvalue weighted by atomic mass is 16.5. The number of benzene rings is 2. The lowest BCUT2D eigenvalue weighted by Gasteiger charge is -2.16. The van der Waals surface area contributed by atoms with Crippen LogP contribution in [0.1, 0.15) is 49.5 Å². The monoisotopic (exact) mass is 422 g/mol. The van der Waals surface area contributed by atoms with E-state index in [-0.39, 0.29) is 22.8 Å². The number of carbonyl (C=O) groups excluding carboxylic acids is 4. The number of rotatable bonds is 6. The summed E-state index contributed by atoms with van der Waals surface area (Å²) >= 11 is 0. The van der Waals surface area contributed by atoms with Crippen molar-refractivity contribution in [3.8, 4) is 0 Å². The molecule has 0 radical (unpaired) electrons. The van der Waals surface area contributed by atoms with E-state index < -0.39 is 30.3 Å². The third-order valence-corrected chi connectivity index (χ3v) is 5.36. The fraction of sp³-hybridized carbons (Fsp3) is 0.304. The average molecular weight is 422 g/mol. The maximum atomic E-state index is 12.9. The number of imide groups is 1. The largest absolute Gasteiger partial charge is 0.452 e. The molecule has 8 nitrogen and oxygen atoms in total. The van der Waals surface area contributed by atoms with Gasteiger partial charge in [0.2, 0.25) is 0 Å². The lowest BCUT2D eigenvalue weighted by Crippen LogP contribution is -2.34. The Morgan fingerprint density at radius 1 is 1.13 bits per heavy atom. The molecular weight excluding hydrogens is 400 g/mol. The third-order valence-electron chi connectivity index (χ3n) is 5.36. The number of esters is 1. The first-order chi connectivity index (χ1) is 15.0. The van der Waals surface area contributed by atoms with E-state index in [9.17, 15) is 19.2 Å². The Bertz CT molecular complexity index is 1060. The first-order valence-corrected chi connectivity index (χ1v) is 10.1. The molecule has 2 aliphatic rings. The van der Waals surface area contributed by atoms with Crippen LogP contribution in [0, 0.1) is 6.92 Å². The van der Waals surface area contributed by atoms with Gasteiger partial charge in [-0.2, -0.15) is 0 Å². The molecule has 1 saturated heterocycles. The number of aryl methyl sites for hydroxylation is 1. The number of nitrogens with zero attached hydrogens (tertiary/aromatic N) is 1. The fourth-order valence-electron chi connectivity index (χ4n) is 3.70. The van der Waals surface area contributed by atoms with E-state index in [2.05, 4.69) is 5.32 Å². The molecule has 8 heteroatoms. The lowest BCUT2D eigenvalue weighted by molar-refractivity contribution is -0.124. The summed E-state index contributed by atoms with van der Waals surface area (Å²) in [6.45, 7) is 2.44. The maximum absolute atomic E-state index is 12.9. The molecule has 1 fully saturated rings. The second-order valence-electron chi connectivity index (χ2n) is 7.51. The van der Waals surface area contributed by atoms with Crippen molar-refractivity contribution in [2.24, 2.45) is 0 Å². The minimum absolute atomic E-state index is 0.00360. The van der Waals surface area contributed by atoms with Crippen LogP contribution in [0.3, 0.4) is 0 Å². The molecule has 2 aromatic rings. The van der Waals surface area contributed by atoms with Crippen LogP contribution in [0.5, 0.6) is 0 Å². The molecule has 0 spiro atoms. The van der Waals surface area contributed by atoms with Crippen molar-refractivity contribution < 1.29 is 28.7 Å². The minimum atomic E-state index is -0.746. The van der Waals surface area contributed by atoms with Crippen molar-refractivity contribution in [1.82, 2.24) is 5.32 Å². The van der Waals surface area contributed by atoms with Crippen molar-refractivity contribution in [3.63, 3.8) is 0 Å². The molecule has 3 amide bonds. The van der Waals surface area contributed by atoms with Gasteiger partial charge in [0, 0.05) is 13.2 Å². The standard InChI is InChI=1S/C23H22N2O6/c1-14-5-2-3-7-19(14)25-21(27)17-9-8-15(11-18(17)22(25)28)23(29)31-13-20(26)24-12-16-6-4-10-30-16/h2-3,5,7-9,11,16H,4,6,10,12-13H2,1H3,(H,24,26). The van der Waals surface area contributed by atoms with Crippen LogP contribution in [0.2, 0.25) is 0 Å². The number of nitrogens with one attached hydrogen (secondary N) is 1. The first kappa shape index (κ1) is 20.7. The topological polar surface area (TPSA) is 102 Å². The molecule has 0 aliphatic carbocycles. The Balaban J connectivity index is 1.41. The summed E-state index contributed by atoms with van der Waals surface area (Å²) in [5, 5.41) is 2.67. The van der Waals surface area contributed by atoms with Gasteiger partial charge in [-0.15, -0.1) is 0 Å². The van der Waals surface area contributed by atoms with Crippen molar-refractivity contribution >= 4 is 29.4 Å². The van der Waals surface area contributed by atoms with Crippen LogP contribution in [-0.4, -0.2) is 49.6 Å². The molecule has 4 rings (SSSR count). The van der Waals surface area contributed by atoms with Gasteiger partial charge in [0.1, 0.15) is 0 Å². The zero-order chi connectivity index (χ0) is 22.0. The summed E-state index contributed by atoms with van der Waals surface area (Å²) in [7, 11) is 0. The molecule has 2 aliphatic heterocycles. The molecule has 1 atom stereocenters. The highest BCUT2D eigenvalue weighted by molar-refractivity contribution is 6.34. The lowest BCUT2D eigenvalue weighted by atomic mass is 10.1. The number of ether oxygens (including phenoxy) is 2. The quantitative estimate of drug-likeness (QED) is 0.566. The summed E-state index contributed by atoms with van der Waals surface area (Å²) in [5.41, 5.74) is 1.73. The molecule has 160 valence electrons. The third kappa shape index (κ3) is 4.20. The van der Waals surface area contributed by atoms with Crippen molar-refractivity contribution in [3.05, 3.63) is 64.7 Å². The van der Waals surface area contributed by atoms with Crippen LogP contribution >= 0.6 is 0 Å². The van der Waals surface area contributed by atoms with Crippen LogP contribution < -0.4 is 10.2 Å². The number of fused-ring (bicyclic) bond motifs is 1. The van der Waals surface area contributed by atoms with Gasteiger partial charge >= 0.3 is 5.97 Å².